The third kappa shape index (κ3) is 3.36. The van der Waals surface area contributed by atoms with Crippen LogP contribution in [0.15, 0.2) is 24.3 Å². The van der Waals surface area contributed by atoms with Crippen LogP contribution in [0.3, 0.4) is 0 Å². The zero-order chi connectivity index (χ0) is 14.4. The van der Waals surface area contributed by atoms with E-state index in [0.717, 1.165) is 24.3 Å². The van der Waals surface area contributed by atoms with Crippen LogP contribution < -0.4 is 10.6 Å². The van der Waals surface area contributed by atoms with Gasteiger partial charge in [-0.3, -0.25) is 4.79 Å². The number of carbonyl (C=O) groups excluding carboxylic acids is 1. The molecule has 2 rings (SSSR count). The van der Waals surface area contributed by atoms with Gasteiger partial charge in [-0.2, -0.15) is 0 Å². The van der Waals surface area contributed by atoms with E-state index < -0.39 is 0 Å². The normalized spacial score (nSPS) is 10.9. The van der Waals surface area contributed by atoms with Crippen molar-refractivity contribution in [1.82, 2.24) is 20.2 Å². The van der Waals surface area contributed by atoms with Gasteiger partial charge >= 0.3 is 0 Å². The first-order valence-electron chi connectivity index (χ1n) is 7.11. The quantitative estimate of drug-likeness (QED) is 0.755. The first kappa shape index (κ1) is 14.5. The van der Waals surface area contributed by atoms with E-state index in [9.17, 15) is 4.79 Å². The average Bonchev–Trinajstić information content (AvgIpc) is 2.82. The standard InChI is InChI=1S/C15H22N4O/c1-3-10-19-13-7-5-4-6-12(13)18-14(19)11-17-9-8-15(20)16-2/h4-7,17H,3,8-11H2,1-2H3,(H,16,20). The van der Waals surface area contributed by atoms with E-state index in [-0.39, 0.29) is 5.91 Å². The molecule has 2 aromatic rings. The highest BCUT2D eigenvalue weighted by Gasteiger charge is 2.09. The molecule has 20 heavy (non-hydrogen) atoms. The number of benzene rings is 1. The Kier molecular flexibility index (Phi) is 5.12. The number of rotatable bonds is 7. The Bertz CT molecular complexity index is 576. The summed E-state index contributed by atoms with van der Waals surface area (Å²) in [4.78, 5) is 15.8. The molecule has 0 radical (unpaired) electrons. The van der Waals surface area contributed by atoms with Crippen LogP contribution in [0.25, 0.3) is 11.0 Å². The number of aromatic nitrogens is 2. The molecule has 0 fully saturated rings. The summed E-state index contributed by atoms with van der Waals surface area (Å²) < 4.78 is 2.25. The topological polar surface area (TPSA) is 59.0 Å². The first-order chi connectivity index (χ1) is 9.76. The number of nitrogens with zero attached hydrogens (tertiary/aromatic N) is 2. The van der Waals surface area contributed by atoms with Gasteiger partial charge in [-0.05, 0) is 18.6 Å². The van der Waals surface area contributed by atoms with Crippen LogP contribution in [0.2, 0.25) is 0 Å². The molecule has 0 aliphatic carbocycles. The number of imidazole rings is 1. The van der Waals surface area contributed by atoms with E-state index in [1.165, 1.54) is 5.52 Å². The molecular weight excluding hydrogens is 252 g/mol. The van der Waals surface area contributed by atoms with Crippen LogP contribution in [0, 0.1) is 0 Å². The average molecular weight is 274 g/mol. The molecule has 1 amide bonds. The Balaban J connectivity index is 2.05. The molecule has 0 atom stereocenters. The van der Waals surface area contributed by atoms with Gasteiger partial charge in [0.15, 0.2) is 0 Å². The zero-order valence-corrected chi connectivity index (χ0v) is 12.1. The van der Waals surface area contributed by atoms with Crippen molar-refractivity contribution in [3.8, 4) is 0 Å². The van der Waals surface area contributed by atoms with Crippen LogP contribution in [-0.2, 0) is 17.9 Å². The lowest BCUT2D eigenvalue weighted by Crippen LogP contribution is -2.25. The smallest absolute Gasteiger partial charge is 0.221 e. The van der Waals surface area contributed by atoms with Crippen LogP contribution in [-0.4, -0.2) is 29.1 Å². The van der Waals surface area contributed by atoms with Crippen LogP contribution >= 0.6 is 0 Å². The van der Waals surface area contributed by atoms with E-state index in [2.05, 4.69) is 33.2 Å². The zero-order valence-electron chi connectivity index (χ0n) is 12.1. The maximum atomic E-state index is 11.2. The summed E-state index contributed by atoms with van der Waals surface area (Å²) in [6.07, 6.45) is 1.57. The minimum atomic E-state index is 0.0551. The molecular formula is C15H22N4O. The summed E-state index contributed by atoms with van der Waals surface area (Å²) in [6.45, 7) is 4.48. The van der Waals surface area contributed by atoms with Crippen molar-refractivity contribution >= 4 is 16.9 Å². The number of fused-ring (bicyclic) bond motifs is 1. The Morgan fingerprint density at radius 1 is 1.35 bits per heavy atom. The highest BCUT2D eigenvalue weighted by Crippen LogP contribution is 2.16. The molecule has 0 aliphatic rings. The van der Waals surface area contributed by atoms with Crippen molar-refractivity contribution in [2.24, 2.45) is 0 Å². The van der Waals surface area contributed by atoms with Crippen LogP contribution in [0.4, 0.5) is 0 Å². The Morgan fingerprint density at radius 3 is 2.90 bits per heavy atom. The lowest BCUT2D eigenvalue weighted by atomic mass is 10.3. The van der Waals surface area contributed by atoms with Crippen molar-refractivity contribution in [2.75, 3.05) is 13.6 Å². The second kappa shape index (κ2) is 7.05. The number of nitrogens with one attached hydrogen (secondary N) is 2. The molecule has 5 nitrogen and oxygen atoms in total. The summed E-state index contributed by atoms with van der Waals surface area (Å²) in [5.74, 6) is 1.09. The molecule has 1 heterocycles. The number of para-hydroxylation sites is 2. The van der Waals surface area contributed by atoms with Gasteiger partial charge in [-0.25, -0.2) is 4.98 Å². The summed E-state index contributed by atoms with van der Waals surface area (Å²) in [6, 6.07) is 8.19. The molecule has 2 N–H and O–H groups in total. The van der Waals surface area contributed by atoms with Gasteiger partial charge in [0.2, 0.25) is 5.91 Å². The number of amides is 1. The molecule has 108 valence electrons. The molecule has 0 spiro atoms. The number of aryl methyl sites for hydroxylation is 1. The molecule has 1 aromatic carbocycles. The minimum absolute atomic E-state index is 0.0551. The maximum absolute atomic E-state index is 11.2. The van der Waals surface area contributed by atoms with Gasteiger partial charge in [0, 0.05) is 26.6 Å². The molecule has 0 bridgehead atoms. The van der Waals surface area contributed by atoms with Gasteiger partial charge in [0.25, 0.3) is 0 Å². The molecule has 0 unspecified atom stereocenters. The number of hydrogen-bond donors (Lipinski definition) is 2. The second-order valence-electron chi connectivity index (χ2n) is 4.77. The van der Waals surface area contributed by atoms with Crippen molar-refractivity contribution in [1.29, 1.82) is 0 Å². The molecule has 0 saturated heterocycles. The number of hydrogen-bond acceptors (Lipinski definition) is 3. The molecule has 0 aliphatic heterocycles. The van der Waals surface area contributed by atoms with Crippen molar-refractivity contribution in [3.05, 3.63) is 30.1 Å². The van der Waals surface area contributed by atoms with Crippen molar-refractivity contribution < 1.29 is 4.79 Å². The molecule has 1 aromatic heterocycles. The fraction of sp³-hybridized carbons (Fsp3) is 0.467. The lowest BCUT2D eigenvalue weighted by molar-refractivity contribution is -0.120. The lowest BCUT2D eigenvalue weighted by Gasteiger charge is -2.08. The van der Waals surface area contributed by atoms with Crippen LogP contribution in [0.1, 0.15) is 25.6 Å². The Morgan fingerprint density at radius 2 is 2.15 bits per heavy atom. The monoisotopic (exact) mass is 274 g/mol. The largest absolute Gasteiger partial charge is 0.359 e. The van der Waals surface area contributed by atoms with Gasteiger partial charge in [0.05, 0.1) is 17.6 Å². The Hall–Kier alpha value is -1.88. The first-order valence-corrected chi connectivity index (χ1v) is 7.11. The minimum Gasteiger partial charge on any atom is -0.359 e. The fourth-order valence-corrected chi connectivity index (χ4v) is 2.26. The molecule has 5 heteroatoms. The molecule has 0 saturated carbocycles. The predicted molar refractivity (Wildman–Crippen MR) is 80.4 cm³/mol. The van der Waals surface area contributed by atoms with Gasteiger partial charge < -0.3 is 15.2 Å². The van der Waals surface area contributed by atoms with Crippen LogP contribution in [0.5, 0.6) is 0 Å². The third-order valence-corrected chi connectivity index (χ3v) is 3.27. The SMILES string of the molecule is CCCn1c(CNCCC(=O)NC)nc2ccccc21. The van der Waals surface area contributed by atoms with Gasteiger partial charge in [-0.15, -0.1) is 0 Å². The maximum Gasteiger partial charge on any atom is 0.221 e. The summed E-state index contributed by atoms with van der Waals surface area (Å²) in [5.41, 5.74) is 2.21. The second-order valence-corrected chi connectivity index (χ2v) is 4.77. The van der Waals surface area contributed by atoms with Crippen molar-refractivity contribution in [3.63, 3.8) is 0 Å². The van der Waals surface area contributed by atoms with Crippen molar-refractivity contribution in [2.45, 2.75) is 32.9 Å². The highest BCUT2D eigenvalue weighted by molar-refractivity contribution is 5.76. The fourth-order valence-electron chi connectivity index (χ4n) is 2.26. The predicted octanol–water partition coefficient (Wildman–Crippen LogP) is 1.67. The van der Waals surface area contributed by atoms with Gasteiger partial charge in [-0.1, -0.05) is 19.1 Å². The van der Waals surface area contributed by atoms with E-state index >= 15 is 0 Å². The van der Waals surface area contributed by atoms with E-state index in [0.29, 0.717) is 19.5 Å². The number of carbonyl (C=O) groups is 1. The summed E-state index contributed by atoms with van der Waals surface area (Å²) in [5, 5.41) is 5.90. The summed E-state index contributed by atoms with van der Waals surface area (Å²) in [7, 11) is 1.66. The van der Waals surface area contributed by atoms with Gasteiger partial charge in [0.1, 0.15) is 5.82 Å². The van der Waals surface area contributed by atoms with E-state index in [4.69, 9.17) is 0 Å². The Labute approximate surface area is 119 Å². The highest BCUT2D eigenvalue weighted by atomic mass is 16.1. The third-order valence-electron chi connectivity index (χ3n) is 3.27. The summed E-state index contributed by atoms with van der Waals surface area (Å²) >= 11 is 0. The van der Waals surface area contributed by atoms with E-state index in [1.807, 2.05) is 18.2 Å². The van der Waals surface area contributed by atoms with E-state index in [1.54, 1.807) is 7.05 Å².